The summed E-state index contributed by atoms with van der Waals surface area (Å²) in [5, 5.41) is 13.7. The van der Waals surface area contributed by atoms with Crippen LogP contribution in [0.2, 0.25) is 0 Å². The van der Waals surface area contributed by atoms with Gasteiger partial charge < -0.3 is 20.1 Å². The van der Waals surface area contributed by atoms with Crippen LogP contribution in [0.15, 0.2) is 29.3 Å². The SMILES string of the molecule is CCNC(=NCC(O)(CC)CC)N(C)Cc1ccc(OCC)cc1. The molecule has 1 aromatic rings. The molecule has 2 N–H and O–H groups in total. The van der Waals surface area contributed by atoms with E-state index in [0.29, 0.717) is 26.0 Å². The third kappa shape index (κ3) is 6.40. The predicted octanol–water partition coefficient (Wildman–Crippen LogP) is 3.03. The third-order valence-electron chi connectivity index (χ3n) is 4.19. The smallest absolute Gasteiger partial charge is 0.194 e. The van der Waals surface area contributed by atoms with E-state index >= 15 is 0 Å². The second-order valence-corrected chi connectivity index (χ2v) is 6.03. The fourth-order valence-corrected chi connectivity index (χ4v) is 2.37. The van der Waals surface area contributed by atoms with Gasteiger partial charge in [-0.15, -0.1) is 0 Å². The van der Waals surface area contributed by atoms with Crippen LogP contribution in [-0.4, -0.2) is 48.3 Å². The van der Waals surface area contributed by atoms with Gasteiger partial charge in [0.15, 0.2) is 5.96 Å². The normalized spacial score (nSPS) is 12.2. The summed E-state index contributed by atoms with van der Waals surface area (Å²) < 4.78 is 5.48. The van der Waals surface area contributed by atoms with Gasteiger partial charge in [0.1, 0.15) is 5.75 Å². The summed E-state index contributed by atoms with van der Waals surface area (Å²) in [6.07, 6.45) is 1.41. The molecule has 0 saturated heterocycles. The Morgan fingerprint density at radius 1 is 1.17 bits per heavy atom. The van der Waals surface area contributed by atoms with Crippen molar-refractivity contribution in [3.63, 3.8) is 0 Å². The minimum Gasteiger partial charge on any atom is -0.494 e. The van der Waals surface area contributed by atoms with E-state index in [-0.39, 0.29) is 0 Å². The number of rotatable bonds is 9. The number of ether oxygens (including phenoxy) is 1. The second kappa shape index (κ2) is 10.2. The molecule has 0 aliphatic rings. The molecule has 0 aromatic heterocycles. The minimum atomic E-state index is -0.722. The number of nitrogens with zero attached hydrogens (tertiary/aromatic N) is 2. The Morgan fingerprint density at radius 3 is 2.29 bits per heavy atom. The molecule has 136 valence electrons. The molecule has 1 aromatic carbocycles. The van der Waals surface area contributed by atoms with Crippen LogP contribution in [0.1, 0.15) is 46.1 Å². The third-order valence-corrected chi connectivity index (χ3v) is 4.19. The van der Waals surface area contributed by atoms with Crippen molar-refractivity contribution in [2.75, 3.05) is 26.7 Å². The van der Waals surface area contributed by atoms with Gasteiger partial charge in [-0.3, -0.25) is 4.99 Å². The Kier molecular flexibility index (Phi) is 8.61. The fraction of sp³-hybridized carbons (Fsp3) is 0.632. The largest absolute Gasteiger partial charge is 0.494 e. The van der Waals surface area contributed by atoms with Crippen molar-refractivity contribution >= 4 is 5.96 Å². The number of guanidine groups is 1. The second-order valence-electron chi connectivity index (χ2n) is 6.03. The molecule has 0 saturated carbocycles. The zero-order valence-corrected chi connectivity index (χ0v) is 15.8. The van der Waals surface area contributed by atoms with Crippen LogP contribution in [-0.2, 0) is 6.54 Å². The van der Waals surface area contributed by atoms with Crippen molar-refractivity contribution in [3.8, 4) is 5.75 Å². The maximum Gasteiger partial charge on any atom is 0.194 e. The number of aliphatic imine (C=N–C) groups is 1. The first-order chi connectivity index (χ1) is 11.5. The van der Waals surface area contributed by atoms with E-state index in [1.54, 1.807) is 0 Å². The molecule has 5 heteroatoms. The van der Waals surface area contributed by atoms with E-state index in [1.807, 2.05) is 46.9 Å². The molecule has 0 aliphatic carbocycles. The average Bonchev–Trinajstić information content (AvgIpc) is 2.60. The highest BCUT2D eigenvalue weighted by Gasteiger charge is 2.22. The average molecular weight is 335 g/mol. The standard InChI is InChI=1S/C19H33N3O2/c1-6-19(23,7-2)15-21-18(20-8-3)22(5)14-16-10-12-17(13-11-16)24-9-4/h10-13,23H,6-9,14-15H2,1-5H3,(H,20,21). The monoisotopic (exact) mass is 335 g/mol. The predicted molar refractivity (Wildman–Crippen MR) is 101 cm³/mol. The lowest BCUT2D eigenvalue weighted by Gasteiger charge is -2.26. The lowest BCUT2D eigenvalue weighted by molar-refractivity contribution is 0.0416. The van der Waals surface area contributed by atoms with Gasteiger partial charge in [-0.05, 0) is 44.4 Å². The van der Waals surface area contributed by atoms with Crippen LogP contribution in [0.4, 0.5) is 0 Å². The van der Waals surface area contributed by atoms with Crippen molar-refractivity contribution in [2.45, 2.75) is 52.7 Å². The molecule has 0 spiro atoms. The Bertz CT molecular complexity index is 496. The molecule has 5 nitrogen and oxygen atoms in total. The molecular weight excluding hydrogens is 302 g/mol. The maximum atomic E-state index is 10.4. The highest BCUT2D eigenvalue weighted by Crippen LogP contribution is 2.16. The minimum absolute atomic E-state index is 0.413. The summed E-state index contributed by atoms with van der Waals surface area (Å²) >= 11 is 0. The Balaban J connectivity index is 2.76. The number of benzene rings is 1. The van der Waals surface area contributed by atoms with Crippen LogP contribution >= 0.6 is 0 Å². The first-order valence-corrected chi connectivity index (χ1v) is 8.91. The molecule has 1 rings (SSSR count). The highest BCUT2D eigenvalue weighted by atomic mass is 16.5. The van der Waals surface area contributed by atoms with Crippen molar-refractivity contribution in [2.24, 2.45) is 4.99 Å². The first-order valence-electron chi connectivity index (χ1n) is 8.91. The molecule has 0 heterocycles. The quantitative estimate of drug-likeness (QED) is 0.538. The summed E-state index contributed by atoms with van der Waals surface area (Å²) in [7, 11) is 2.01. The van der Waals surface area contributed by atoms with Crippen molar-refractivity contribution in [3.05, 3.63) is 29.8 Å². The molecule has 0 aliphatic heterocycles. The van der Waals surface area contributed by atoms with Crippen molar-refractivity contribution < 1.29 is 9.84 Å². The lowest BCUT2D eigenvalue weighted by Crippen LogP contribution is -2.40. The first kappa shape index (κ1) is 20.3. The molecule has 0 radical (unpaired) electrons. The Labute approximate surface area is 146 Å². The van der Waals surface area contributed by atoms with Crippen LogP contribution in [0, 0.1) is 0 Å². The van der Waals surface area contributed by atoms with Gasteiger partial charge >= 0.3 is 0 Å². The summed E-state index contributed by atoms with van der Waals surface area (Å²) in [5.74, 6) is 1.70. The van der Waals surface area contributed by atoms with E-state index in [0.717, 1.165) is 24.8 Å². The molecule has 0 amide bonds. The van der Waals surface area contributed by atoms with E-state index in [2.05, 4.69) is 27.3 Å². The topological polar surface area (TPSA) is 57.1 Å². The zero-order valence-electron chi connectivity index (χ0n) is 15.8. The summed E-state index contributed by atoms with van der Waals surface area (Å²) in [6.45, 7) is 10.6. The zero-order chi connectivity index (χ0) is 18.0. The van der Waals surface area contributed by atoms with Gasteiger partial charge in [-0.1, -0.05) is 26.0 Å². The molecular formula is C19H33N3O2. The lowest BCUT2D eigenvalue weighted by atomic mass is 9.98. The fourth-order valence-electron chi connectivity index (χ4n) is 2.37. The summed E-state index contributed by atoms with van der Waals surface area (Å²) in [6, 6.07) is 8.12. The van der Waals surface area contributed by atoms with Crippen LogP contribution < -0.4 is 10.1 Å². The summed E-state index contributed by atoms with van der Waals surface area (Å²) in [5.41, 5.74) is 0.466. The highest BCUT2D eigenvalue weighted by molar-refractivity contribution is 5.79. The van der Waals surface area contributed by atoms with Crippen LogP contribution in [0.5, 0.6) is 5.75 Å². The number of nitrogens with one attached hydrogen (secondary N) is 1. The molecule has 0 unspecified atom stereocenters. The van der Waals surface area contributed by atoms with Gasteiger partial charge in [0.05, 0.1) is 18.8 Å². The molecule has 0 bridgehead atoms. The van der Waals surface area contributed by atoms with Crippen LogP contribution in [0.25, 0.3) is 0 Å². The molecule has 24 heavy (non-hydrogen) atoms. The number of hydrogen-bond acceptors (Lipinski definition) is 3. The van der Waals surface area contributed by atoms with E-state index in [9.17, 15) is 5.11 Å². The van der Waals surface area contributed by atoms with Crippen molar-refractivity contribution in [1.82, 2.24) is 10.2 Å². The number of aliphatic hydroxyl groups is 1. The molecule has 0 fully saturated rings. The van der Waals surface area contributed by atoms with Crippen LogP contribution in [0.3, 0.4) is 0 Å². The Morgan fingerprint density at radius 2 is 1.79 bits per heavy atom. The van der Waals surface area contributed by atoms with E-state index in [4.69, 9.17) is 4.74 Å². The summed E-state index contributed by atoms with van der Waals surface area (Å²) in [4.78, 5) is 6.70. The number of hydrogen-bond donors (Lipinski definition) is 2. The van der Waals surface area contributed by atoms with Gasteiger partial charge in [-0.2, -0.15) is 0 Å². The maximum absolute atomic E-state index is 10.4. The van der Waals surface area contributed by atoms with Gasteiger partial charge in [0, 0.05) is 20.1 Å². The molecule has 0 atom stereocenters. The Hall–Kier alpha value is -1.75. The van der Waals surface area contributed by atoms with Gasteiger partial charge in [0.2, 0.25) is 0 Å². The van der Waals surface area contributed by atoms with E-state index in [1.165, 1.54) is 5.56 Å². The van der Waals surface area contributed by atoms with Gasteiger partial charge in [-0.25, -0.2) is 0 Å². The van der Waals surface area contributed by atoms with Crippen molar-refractivity contribution in [1.29, 1.82) is 0 Å². The van der Waals surface area contributed by atoms with Gasteiger partial charge in [0.25, 0.3) is 0 Å². The van der Waals surface area contributed by atoms with E-state index < -0.39 is 5.60 Å².